The second kappa shape index (κ2) is 10.6. The molecular weight excluding hydrogens is 426 g/mol. The van der Waals surface area contributed by atoms with E-state index < -0.39 is 11.7 Å². The maximum atomic E-state index is 15.5. The van der Waals surface area contributed by atoms with E-state index in [-0.39, 0.29) is 30.0 Å². The number of aromatic nitrogens is 2. The molecule has 0 saturated heterocycles. The molecule has 0 saturated carbocycles. The van der Waals surface area contributed by atoms with Crippen molar-refractivity contribution in [3.63, 3.8) is 0 Å². The molecule has 0 aliphatic rings. The van der Waals surface area contributed by atoms with E-state index in [4.69, 9.17) is 26.3 Å². The van der Waals surface area contributed by atoms with Crippen molar-refractivity contribution < 1.29 is 23.9 Å². The van der Waals surface area contributed by atoms with Crippen LogP contribution >= 0.6 is 11.6 Å². The molecule has 1 aromatic heterocycles. The van der Waals surface area contributed by atoms with Crippen molar-refractivity contribution in [2.45, 2.75) is 13.5 Å². The zero-order valence-corrected chi connectivity index (χ0v) is 18.0. The number of carbonyl (C=O) groups is 1. The van der Waals surface area contributed by atoms with Gasteiger partial charge in [-0.3, -0.25) is 9.63 Å². The van der Waals surface area contributed by atoms with E-state index in [1.54, 1.807) is 16.7 Å². The first-order chi connectivity index (χ1) is 15.0. The van der Waals surface area contributed by atoms with Gasteiger partial charge in [0.25, 0.3) is 5.91 Å². The summed E-state index contributed by atoms with van der Waals surface area (Å²) in [6, 6.07) is 6.77. The van der Waals surface area contributed by atoms with Gasteiger partial charge in [-0.15, -0.1) is 0 Å². The number of nitrogens with one attached hydrogen (secondary N) is 2. The fourth-order valence-corrected chi connectivity index (χ4v) is 3.30. The second-order valence-electron chi connectivity index (χ2n) is 6.73. The molecule has 11 heteroatoms. The smallest absolute Gasteiger partial charge is 0.277 e. The molecule has 164 valence electrons. The lowest BCUT2D eigenvalue weighted by Crippen LogP contribution is -2.26. The van der Waals surface area contributed by atoms with Crippen molar-refractivity contribution in [3.8, 4) is 0 Å². The largest absolute Gasteiger partial charge is 0.394 e. The van der Waals surface area contributed by atoms with Crippen LogP contribution in [0.25, 0.3) is 11.0 Å². The summed E-state index contributed by atoms with van der Waals surface area (Å²) >= 11 is 6.29. The molecule has 3 aromatic rings. The van der Waals surface area contributed by atoms with Crippen molar-refractivity contribution in [2.24, 2.45) is 0 Å². The molecular formula is C20H23BClFN4O4. The summed E-state index contributed by atoms with van der Waals surface area (Å²) in [6.07, 6.45) is 1.50. The van der Waals surface area contributed by atoms with E-state index >= 15 is 4.39 Å². The van der Waals surface area contributed by atoms with Gasteiger partial charge in [-0.1, -0.05) is 23.1 Å². The Labute approximate surface area is 184 Å². The van der Waals surface area contributed by atoms with Crippen LogP contribution in [0.15, 0.2) is 30.6 Å². The number of anilines is 2. The molecule has 3 N–H and O–H groups in total. The molecule has 1 amide bonds. The lowest BCUT2D eigenvalue weighted by Gasteiger charge is -2.16. The Morgan fingerprint density at radius 2 is 2.16 bits per heavy atom. The number of ether oxygens (including phenoxy) is 1. The predicted octanol–water partition coefficient (Wildman–Crippen LogP) is 1.52. The van der Waals surface area contributed by atoms with Gasteiger partial charge in [-0.05, 0) is 25.1 Å². The number of aliphatic hydroxyl groups is 1. The third-order valence-corrected chi connectivity index (χ3v) is 4.84. The summed E-state index contributed by atoms with van der Waals surface area (Å²) < 4.78 is 22.6. The van der Waals surface area contributed by atoms with Crippen LogP contribution in [-0.2, 0) is 16.1 Å². The highest BCUT2D eigenvalue weighted by atomic mass is 35.5. The Morgan fingerprint density at radius 1 is 1.35 bits per heavy atom. The highest BCUT2D eigenvalue weighted by molar-refractivity contribution is 6.37. The van der Waals surface area contributed by atoms with Crippen molar-refractivity contribution in [1.82, 2.24) is 15.0 Å². The first-order valence-electron chi connectivity index (χ1n) is 9.77. The number of amides is 1. The zero-order chi connectivity index (χ0) is 22.4. The Bertz CT molecular complexity index is 1080. The Balaban J connectivity index is 2.06. The number of hydrogen-bond donors (Lipinski definition) is 3. The normalized spacial score (nSPS) is 11.1. The first-order valence-corrected chi connectivity index (χ1v) is 10.1. The number of hydrogen-bond acceptors (Lipinski definition) is 6. The van der Waals surface area contributed by atoms with E-state index in [0.717, 1.165) is 5.46 Å². The van der Waals surface area contributed by atoms with Crippen molar-refractivity contribution in [1.29, 1.82) is 0 Å². The van der Waals surface area contributed by atoms with Gasteiger partial charge in [0.05, 0.1) is 53.6 Å². The molecule has 0 spiro atoms. The number of halogens is 2. The molecule has 1 heterocycles. The minimum absolute atomic E-state index is 0.00209. The minimum atomic E-state index is -0.698. The van der Waals surface area contributed by atoms with E-state index in [9.17, 15) is 4.79 Å². The molecule has 31 heavy (non-hydrogen) atoms. The Hall–Kier alpha value is -2.66. The van der Waals surface area contributed by atoms with Crippen LogP contribution in [0.2, 0.25) is 5.02 Å². The van der Waals surface area contributed by atoms with Gasteiger partial charge in [0, 0.05) is 13.2 Å². The van der Waals surface area contributed by atoms with Gasteiger partial charge >= 0.3 is 0 Å². The van der Waals surface area contributed by atoms with Crippen LogP contribution in [0.3, 0.4) is 0 Å². The average molecular weight is 449 g/mol. The predicted molar refractivity (Wildman–Crippen MR) is 120 cm³/mol. The first kappa shape index (κ1) is 23.0. The number of imidazole rings is 1. The van der Waals surface area contributed by atoms with Crippen LogP contribution in [0.1, 0.15) is 17.3 Å². The monoisotopic (exact) mass is 448 g/mol. The summed E-state index contributed by atoms with van der Waals surface area (Å²) in [7, 11) is 1.88. The van der Waals surface area contributed by atoms with Gasteiger partial charge in [-0.2, -0.15) is 0 Å². The number of aliphatic hydroxyl groups excluding tert-OH is 1. The average Bonchev–Trinajstić information content (AvgIpc) is 3.15. The molecule has 0 bridgehead atoms. The fraction of sp³-hybridized carbons (Fsp3) is 0.300. The van der Waals surface area contributed by atoms with E-state index in [2.05, 4.69) is 15.8 Å². The third-order valence-electron chi connectivity index (χ3n) is 4.52. The highest BCUT2D eigenvalue weighted by Crippen LogP contribution is 2.33. The van der Waals surface area contributed by atoms with Crippen molar-refractivity contribution in [3.05, 3.63) is 47.0 Å². The summed E-state index contributed by atoms with van der Waals surface area (Å²) in [5, 5.41) is 12.2. The van der Waals surface area contributed by atoms with Crippen LogP contribution in [0.5, 0.6) is 0 Å². The second-order valence-corrected chi connectivity index (χ2v) is 7.13. The molecule has 8 nitrogen and oxygen atoms in total. The van der Waals surface area contributed by atoms with Gasteiger partial charge in [0.15, 0.2) is 5.82 Å². The van der Waals surface area contributed by atoms with Gasteiger partial charge in [0.2, 0.25) is 0 Å². The van der Waals surface area contributed by atoms with Crippen molar-refractivity contribution in [2.75, 3.05) is 31.7 Å². The summed E-state index contributed by atoms with van der Waals surface area (Å²) in [6.45, 7) is 2.93. The van der Waals surface area contributed by atoms with Crippen LogP contribution < -0.4 is 16.3 Å². The fourth-order valence-electron chi connectivity index (χ4n) is 3.02. The molecule has 0 atom stereocenters. The quantitative estimate of drug-likeness (QED) is 0.247. The number of carbonyl (C=O) groups excluding carboxylic acids is 1. The topological polar surface area (TPSA) is 97.6 Å². The number of hydroxylamine groups is 1. The van der Waals surface area contributed by atoms with E-state index in [1.165, 1.54) is 12.4 Å². The summed E-state index contributed by atoms with van der Waals surface area (Å²) in [5.74, 6) is -1.38. The number of fused-ring (bicyclic) bond motifs is 1. The third kappa shape index (κ3) is 5.34. The van der Waals surface area contributed by atoms with Crippen molar-refractivity contribution >= 4 is 53.2 Å². The van der Waals surface area contributed by atoms with E-state index in [0.29, 0.717) is 36.0 Å². The lowest BCUT2D eigenvalue weighted by atomic mass is 9.96. The number of nitrogens with zero attached hydrogens (tertiary/aromatic N) is 2. The van der Waals surface area contributed by atoms with Gasteiger partial charge in [-0.25, -0.2) is 14.9 Å². The Morgan fingerprint density at radius 3 is 2.87 bits per heavy atom. The molecule has 0 radical (unpaired) electrons. The SMILES string of the molecule is Bc1ccc(Nc2c(C(=O)NOCCO)cc3c(ncn3CCOCC)c2F)c(Cl)c1. The standard InChI is InChI=1S/C20H23BClFN4O4/c1-2-30-7-5-27-11-24-19-16(27)10-13(20(29)26-31-8-6-28)18(17(19)23)25-15-4-3-12(21)9-14(15)22/h3-4,9-11,25,28H,2,5-8,21H2,1H3,(H,26,29). The molecule has 2 aromatic carbocycles. The Kier molecular flexibility index (Phi) is 7.86. The molecule has 0 fully saturated rings. The molecule has 0 aliphatic carbocycles. The molecule has 0 unspecified atom stereocenters. The van der Waals surface area contributed by atoms with Crippen LogP contribution in [0, 0.1) is 5.82 Å². The molecule has 0 aliphatic heterocycles. The maximum absolute atomic E-state index is 15.5. The molecule has 3 rings (SSSR count). The lowest BCUT2D eigenvalue weighted by molar-refractivity contribution is 0.0169. The summed E-state index contributed by atoms with van der Waals surface area (Å²) in [4.78, 5) is 21.8. The number of rotatable bonds is 10. The zero-order valence-electron chi connectivity index (χ0n) is 17.2. The summed E-state index contributed by atoms with van der Waals surface area (Å²) in [5.41, 5.74) is 4.04. The van der Waals surface area contributed by atoms with Gasteiger partial charge in [0.1, 0.15) is 13.4 Å². The number of benzene rings is 2. The van der Waals surface area contributed by atoms with E-state index in [1.807, 2.05) is 20.8 Å². The van der Waals surface area contributed by atoms with Crippen LogP contribution in [-0.4, -0.2) is 54.8 Å². The van der Waals surface area contributed by atoms with Crippen LogP contribution in [0.4, 0.5) is 15.8 Å². The van der Waals surface area contributed by atoms with Gasteiger partial charge < -0.3 is 19.7 Å². The highest BCUT2D eigenvalue weighted by Gasteiger charge is 2.22. The maximum Gasteiger partial charge on any atom is 0.277 e. The minimum Gasteiger partial charge on any atom is -0.394 e.